The quantitative estimate of drug-likeness (QED) is 0.868. The highest BCUT2D eigenvalue weighted by molar-refractivity contribution is 14.1. The predicted octanol–water partition coefficient (Wildman–Crippen LogP) is 2.12. The van der Waals surface area contributed by atoms with Crippen LogP contribution in [0, 0.1) is 0 Å². The predicted molar refractivity (Wildman–Crippen MR) is 54.6 cm³/mol. The number of carboxylic acid groups (broad SMARTS) is 1. The Morgan fingerprint density at radius 3 is 2.62 bits per heavy atom. The van der Waals surface area contributed by atoms with Gasteiger partial charge in [-0.2, -0.15) is 0 Å². The van der Waals surface area contributed by atoms with Crippen molar-refractivity contribution in [3.63, 3.8) is 0 Å². The Hall–Kier alpha value is -0.980. The Balaban J connectivity index is 3.13. The first-order valence-corrected chi connectivity index (χ1v) is 4.27. The third-order valence-corrected chi connectivity index (χ3v) is 1.97. The molecule has 0 saturated carbocycles. The maximum Gasteiger partial charge on any atom is 0.335 e. The van der Waals surface area contributed by atoms with Crippen molar-refractivity contribution in [2.24, 2.45) is 0 Å². The highest BCUT2D eigenvalue weighted by Crippen LogP contribution is 2.29. The van der Waals surface area contributed by atoms with E-state index in [1.165, 1.54) is 19.2 Å². The number of hydrogen-bond donors (Lipinski definition) is 1. The van der Waals surface area contributed by atoms with Gasteiger partial charge in [0.15, 0.2) is 34.5 Å². The van der Waals surface area contributed by atoms with Crippen LogP contribution in [0.15, 0.2) is 18.2 Å². The molecule has 0 aromatic heterocycles. The van der Waals surface area contributed by atoms with Crippen molar-refractivity contribution in [1.82, 2.24) is 0 Å². The average molecular weight is 294 g/mol. The lowest BCUT2D eigenvalue weighted by atomic mass is 10.2. The molecule has 0 aliphatic rings. The average Bonchev–Trinajstić information content (AvgIpc) is 2.16. The van der Waals surface area contributed by atoms with Gasteiger partial charge in [-0.05, 0) is 18.2 Å². The van der Waals surface area contributed by atoms with Gasteiger partial charge in [-0.25, -0.2) is 4.79 Å². The zero-order valence-electron chi connectivity index (χ0n) is 6.78. The Kier molecular flexibility index (Phi) is 3.35. The van der Waals surface area contributed by atoms with E-state index in [0.29, 0.717) is 11.5 Å². The molecule has 13 heavy (non-hydrogen) atoms. The van der Waals surface area contributed by atoms with Crippen molar-refractivity contribution in [2.45, 2.75) is 0 Å². The Morgan fingerprint density at radius 1 is 1.46 bits per heavy atom. The number of rotatable bonds is 3. The van der Waals surface area contributed by atoms with Crippen molar-refractivity contribution in [3.05, 3.63) is 23.8 Å². The van der Waals surface area contributed by atoms with Crippen LogP contribution in [0.25, 0.3) is 0 Å². The standard InChI is InChI=1S/C8H7IO4/c1-12-6-3-2-5(8(10)11)4-7(6)13-9/h2-4H,1H3,(H,10,11). The lowest BCUT2D eigenvalue weighted by Crippen LogP contribution is -1.97. The van der Waals surface area contributed by atoms with Crippen LogP contribution in [0.2, 0.25) is 0 Å². The second-order valence-corrected chi connectivity index (χ2v) is 2.69. The molecule has 70 valence electrons. The second kappa shape index (κ2) is 4.31. The molecule has 0 heterocycles. The van der Waals surface area contributed by atoms with Crippen LogP contribution >= 0.6 is 23.0 Å². The molecule has 1 aromatic rings. The van der Waals surface area contributed by atoms with Crippen LogP contribution in [-0.4, -0.2) is 18.2 Å². The van der Waals surface area contributed by atoms with E-state index in [0.717, 1.165) is 0 Å². The van der Waals surface area contributed by atoms with Crippen LogP contribution < -0.4 is 7.80 Å². The van der Waals surface area contributed by atoms with Gasteiger partial charge in [-0.1, -0.05) is 0 Å². The molecule has 1 aromatic carbocycles. The van der Waals surface area contributed by atoms with Crippen molar-refractivity contribution in [3.8, 4) is 11.5 Å². The van der Waals surface area contributed by atoms with Gasteiger partial charge in [-0.3, -0.25) is 0 Å². The molecule has 0 fully saturated rings. The number of methoxy groups -OCH3 is 1. The van der Waals surface area contributed by atoms with Crippen LogP contribution in [0.3, 0.4) is 0 Å². The Morgan fingerprint density at radius 2 is 2.15 bits per heavy atom. The van der Waals surface area contributed by atoms with E-state index in [4.69, 9.17) is 12.9 Å². The zero-order valence-corrected chi connectivity index (χ0v) is 8.94. The molecule has 0 unspecified atom stereocenters. The largest absolute Gasteiger partial charge is 0.493 e. The molecule has 0 atom stereocenters. The molecule has 0 radical (unpaired) electrons. The van der Waals surface area contributed by atoms with Crippen molar-refractivity contribution in [1.29, 1.82) is 0 Å². The fourth-order valence-corrected chi connectivity index (χ4v) is 1.21. The van der Waals surface area contributed by atoms with E-state index < -0.39 is 5.97 Å². The second-order valence-electron chi connectivity index (χ2n) is 2.25. The van der Waals surface area contributed by atoms with Crippen LogP contribution in [0.1, 0.15) is 10.4 Å². The molecule has 0 amide bonds. The zero-order chi connectivity index (χ0) is 9.84. The molecule has 4 nitrogen and oxygen atoms in total. The van der Waals surface area contributed by atoms with Crippen LogP contribution in [-0.2, 0) is 0 Å². The maximum atomic E-state index is 10.6. The summed E-state index contributed by atoms with van der Waals surface area (Å²) in [6.45, 7) is 0. The van der Waals surface area contributed by atoms with E-state index in [2.05, 4.69) is 0 Å². The van der Waals surface area contributed by atoms with Gasteiger partial charge in [0.1, 0.15) is 0 Å². The summed E-state index contributed by atoms with van der Waals surface area (Å²) in [5.41, 5.74) is 0.174. The van der Waals surface area contributed by atoms with Gasteiger partial charge in [-0.15, -0.1) is 0 Å². The fraction of sp³-hybridized carbons (Fsp3) is 0.125. The van der Waals surface area contributed by atoms with E-state index >= 15 is 0 Å². The number of halogens is 1. The Bertz CT molecular complexity index is 324. The SMILES string of the molecule is COc1ccc(C(=O)O)cc1OI. The molecule has 0 saturated heterocycles. The summed E-state index contributed by atoms with van der Waals surface area (Å²) in [6.07, 6.45) is 0. The van der Waals surface area contributed by atoms with E-state index in [1.807, 2.05) is 0 Å². The normalized spacial score (nSPS) is 9.38. The van der Waals surface area contributed by atoms with Crippen molar-refractivity contribution in [2.75, 3.05) is 7.11 Å². The lowest BCUT2D eigenvalue weighted by Gasteiger charge is -2.05. The lowest BCUT2D eigenvalue weighted by molar-refractivity contribution is 0.0696. The summed E-state index contributed by atoms with van der Waals surface area (Å²) in [6, 6.07) is 4.42. The minimum absolute atomic E-state index is 0.174. The molecule has 5 heteroatoms. The molecule has 1 N–H and O–H groups in total. The van der Waals surface area contributed by atoms with Gasteiger partial charge in [0, 0.05) is 0 Å². The summed E-state index contributed by atoms with van der Waals surface area (Å²) in [5.74, 6) is -0.0697. The molecule has 0 spiro atoms. The first-order valence-electron chi connectivity index (χ1n) is 3.39. The molecule has 0 bridgehead atoms. The summed E-state index contributed by atoms with van der Waals surface area (Å²) in [4.78, 5) is 10.6. The number of aromatic carboxylic acids is 1. The minimum Gasteiger partial charge on any atom is -0.493 e. The summed E-state index contributed by atoms with van der Waals surface area (Å²) < 4.78 is 9.86. The Labute approximate surface area is 89.2 Å². The van der Waals surface area contributed by atoms with Gasteiger partial charge in [0.25, 0.3) is 0 Å². The number of ether oxygens (including phenoxy) is 1. The van der Waals surface area contributed by atoms with E-state index in [1.54, 1.807) is 29.1 Å². The van der Waals surface area contributed by atoms with Gasteiger partial charge in [0.2, 0.25) is 0 Å². The van der Waals surface area contributed by atoms with Crippen molar-refractivity contribution >= 4 is 29.0 Å². The number of carboxylic acids is 1. The third kappa shape index (κ3) is 2.24. The fourth-order valence-electron chi connectivity index (χ4n) is 0.870. The molecule has 1 rings (SSSR count). The number of carbonyl (C=O) groups is 1. The smallest absolute Gasteiger partial charge is 0.335 e. The van der Waals surface area contributed by atoms with Crippen LogP contribution in [0.4, 0.5) is 0 Å². The van der Waals surface area contributed by atoms with Gasteiger partial charge >= 0.3 is 5.97 Å². The highest BCUT2D eigenvalue weighted by atomic mass is 127. The molecule has 0 aliphatic heterocycles. The summed E-state index contributed by atoms with van der Waals surface area (Å²) in [5, 5.41) is 8.67. The third-order valence-electron chi connectivity index (χ3n) is 1.49. The minimum atomic E-state index is -0.989. The van der Waals surface area contributed by atoms with Gasteiger partial charge < -0.3 is 12.9 Å². The number of hydrogen-bond acceptors (Lipinski definition) is 3. The maximum absolute atomic E-state index is 10.6. The summed E-state index contributed by atoms with van der Waals surface area (Å²) >= 11 is 1.67. The molecular weight excluding hydrogens is 287 g/mol. The molecule has 0 aliphatic carbocycles. The van der Waals surface area contributed by atoms with Gasteiger partial charge in [0.05, 0.1) is 12.7 Å². The number of benzene rings is 1. The van der Waals surface area contributed by atoms with Crippen LogP contribution in [0.5, 0.6) is 11.5 Å². The first kappa shape index (κ1) is 10.1. The van der Waals surface area contributed by atoms with Crippen molar-refractivity contribution < 1.29 is 17.7 Å². The van der Waals surface area contributed by atoms with E-state index in [-0.39, 0.29) is 5.56 Å². The molecular formula is C8H7IO4. The first-order chi connectivity index (χ1) is 6.19. The monoisotopic (exact) mass is 294 g/mol. The topological polar surface area (TPSA) is 55.8 Å². The summed E-state index contributed by atoms with van der Waals surface area (Å²) in [7, 11) is 1.49. The van der Waals surface area contributed by atoms with E-state index in [9.17, 15) is 4.79 Å². The highest BCUT2D eigenvalue weighted by Gasteiger charge is 2.08.